The molecule has 0 radical (unpaired) electrons. The molecular formula is C11H15F3O2. The summed E-state index contributed by atoms with van der Waals surface area (Å²) < 4.78 is 43.4. The van der Waals surface area contributed by atoms with Gasteiger partial charge in [0.05, 0.1) is 6.10 Å². The maximum Gasteiger partial charge on any atom is 0.420 e. The molecule has 2 nitrogen and oxygen atoms in total. The lowest BCUT2D eigenvalue weighted by Crippen LogP contribution is -2.51. The van der Waals surface area contributed by atoms with Gasteiger partial charge in [0.1, 0.15) is 5.60 Å². The largest absolute Gasteiger partial charge is 0.420 e. The summed E-state index contributed by atoms with van der Waals surface area (Å²) in [5.41, 5.74) is -3.38. The zero-order chi connectivity index (χ0) is 12.0. The number of halogens is 3. The number of rotatable bonds is 0. The fourth-order valence-electron chi connectivity index (χ4n) is 2.38. The first-order valence-corrected chi connectivity index (χ1v) is 5.44. The minimum Gasteiger partial charge on any atom is -0.390 e. The fourth-order valence-corrected chi connectivity index (χ4v) is 2.38. The smallest absolute Gasteiger partial charge is 0.390 e. The number of hydrogen-bond acceptors (Lipinski definition) is 2. The SMILES string of the molecule is CC1(C(F)(F)F)C=C[C@]2(CCCC[C@@H]2O)O1. The second-order valence-electron chi connectivity index (χ2n) is 4.76. The Morgan fingerprint density at radius 2 is 2.00 bits per heavy atom. The van der Waals surface area contributed by atoms with Gasteiger partial charge in [-0.1, -0.05) is 18.9 Å². The highest BCUT2D eigenvalue weighted by Gasteiger charge is 2.59. The van der Waals surface area contributed by atoms with Gasteiger partial charge in [0.25, 0.3) is 0 Å². The van der Waals surface area contributed by atoms with Crippen molar-refractivity contribution in [2.75, 3.05) is 0 Å². The first-order chi connectivity index (χ1) is 7.29. The second kappa shape index (κ2) is 3.47. The molecular weight excluding hydrogens is 221 g/mol. The van der Waals surface area contributed by atoms with Crippen molar-refractivity contribution in [3.8, 4) is 0 Å². The number of ether oxygens (including phenoxy) is 1. The van der Waals surface area contributed by atoms with Crippen LogP contribution in [-0.2, 0) is 4.74 Å². The molecule has 3 atom stereocenters. The van der Waals surface area contributed by atoms with Crippen LogP contribution in [0.25, 0.3) is 0 Å². The van der Waals surface area contributed by atoms with Crippen molar-refractivity contribution in [3.63, 3.8) is 0 Å². The third kappa shape index (κ3) is 1.66. The van der Waals surface area contributed by atoms with Crippen molar-refractivity contribution < 1.29 is 23.0 Å². The molecule has 1 unspecified atom stereocenters. The molecule has 1 saturated carbocycles. The van der Waals surface area contributed by atoms with Gasteiger partial charge in [-0.25, -0.2) is 0 Å². The van der Waals surface area contributed by atoms with E-state index in [0.29, 0.717) is 12.8 Å². The molecule has 2 aliphatic rings. The van der Waals surface area contributed by atoms with Crippen LogP contribution in [0.1, 0.15) is 32.6 Å². The topological polar surface area (TPSA) is 29.5 Å². The zero-order valence-electron chi connectivity index (χ0n) is 9.05. The summed E-state index contributed by atoms with van der Waals surface area (Å²) in [6.45, 7) is 1.000. The lowest BCUT2D eigenvalue weighted by molar-refractivity contribution is -0.281. The van der Waals surface area contributed by atoms with Crippen LogP contribution in [0.4, 0.5) is 13.2 Å². The monoisotopic (exact) mass is 236 g/mol. The highest BCUT2D eigenvalue weighted by Crippen LogP contribution is 2.47. The molecule has 0 aromatic heterocycles. The first-order valence-electron chi connectivity index (χ1n) is 5.44. The van der Waals surface area contributed by atoms with Crippen LogP contribution < -0.4 is 0 Å². The van der Waals surface area contributed by atoms with Gasteiger partial charge < -0.3 is 9.84 Å². The Morgan fingerprint density at radius 3 is 2.50 bits per heavy atom. The van der Waals surface area contributed by atoms with E-state index in [1.54, 1.807) is 0 Å². The molecule has 5 heteroatoms. The second-order valence-corrected chi connectivity index (χ2v) is 4.76. The van der Waals surface area contributed by atoms with Crippen LogP contribution in [0.15, 0.2) is 12.2 Å². The van der Waals surface area contributed by atoms with E-state index in [1.165, 1.54) is 6.08 Å². The molecule has 1 aliphatic carbocycles. The number of aliphatic hydroxyl groups excluding tert-OH is 1. The molecule has 1 spiro atoms. The maximum atomic E-state index is 12.8. The van der Waals surface area contributed by atoms with E-state index in [9.17, 15) is 18.3 Å². The van der Waals surface area contributed by atoms with Crippen LogP contribution in [0.3, 0.4) is 0 Å². The van der Waals surface area contributed by atoms with E-state index in [0.717, 1.165) is 25.8 Å². The molecule has 1 N–H and O–H groups in total. The Labute approximate surface area is 92.1 Å². The Kier molecular flexibility index (Phi) is 2.58. The predicted molar refractivity (Wildman–Crippen MR) is 51.9 cm³/mol. The Bertz CT molecular complexity index is 313. The normalized spacial score (nSPS) is 44.2. The summed E-state index contributed by atoms with van der Waals surface area (Å²) in [4.78, 5) is 0. The van der Waals surface area contributed by atoms with Gasteiger partial charge in [-0.05, 0) is 25.8 Å². The molecule has 92 valence electrons. The van der Waals surface area contributed by atoms with Crippen LogP contribution >= 0.6 is 0 Å². The Morgan fingerprint density at radius 1 is 1.31 bits per heavy atom. The summed E-state index contributed by atoms with van der Waals surface area (Å²) in [6, 6.07) is 0. The first kappa shape index (κ1) is 11.9. The minimum absolute atomic E-state index is 0.455. The van der Waals surface area contributed by atoms with Crippen molar-refractivity contribution in [1.82, 2.24) is 0 Å². The van der Waals surface area contributed by atoms with Crippen molar-refractivity contribution in [3.05, 3.63) is 12.2 Å². The summed E-state index contributed by atoms with van der Waals surface area (Å²) >= 11 is 0. The molecule has 1 heterocycles. The third-order valence-corrected chi connectivity index (χ3v) is 3.51. The van der Waals surface area contributed by atoms with Crippen LogP contribution in [-0.4, -0.2) is 28.6 Å². The highest BCUT2D eigenvalue weighted by atomic mass is 19.4. The average Bonchev–Trinajstić information content (AvgIpc) is 2.51. The summed E-state index contributed by atoms with van der Waals surface area (Å²) in [6.07, 6.45) is -0.273. The van der Waals surface area contributed by atoms with Gasteiger partial charge in [-0.2, -0.15) is 13.2 Å². The Balaban J connectivity index is 2.22. The molecule has 0 aromatic rings. The fraction of sp³-hybridized carbons (Fsp3) is 0.818. The van der Waals surface area contributed by atoms with Crippen molar-refractivity contribution in [1.29, 1.82) is 0 Å². The lowest BCUT2D eigenvalue weighted by atomic mass is 9.82. The van der Waals surface area contributed by atoms with Crippen LogP contribution in [0.5, 0.6) is 0 Å². The average molecular weight is 236 g/mol. The van der Waals surface area contributed by atoms with E-state index < -0.39 is 23.5 Å². The van der Waals surface area contributed by atoms with Gasteiger partial charge >= 0.3 is 6.18 Å². The van der Waals surface area contributed by atoms with Crippen molar-refractivity contribution in [2.45, 2.75) is 56.1 Å². The minimum atomic E-state index is -4.44. The lowest BCUT2D eigenvalue weighted by Gasteiger charge is -2.40. The molecule has 0 saturated heterocycles. The van der Waals surface area contributed by atoms with E-state index in [-0.39, 0.29) is 0 Å². The van der Waals surface area contributed by atoms with E-state index in [4.69, 9.17) is 4.74 Å². The van der Waals surface area contributed by atoms with Gasteiger partial charge in [0.2, 0.25) is 0 Å². The molecule has 1 fully saturated rings. The molecule has 0 bridgehead atoms. The molecule has 0 amide bonds. The summed E-state index contributed by atoms with van der Waals surface area (Å²) in [5, 5.41) is 9.81. The van der Waals surface area contributed by atoms with Gasteiger partial charge in [0, 0.05) is 0 Å². The van der Waals surface area contributed by atoms with E-state index in [2.05, 4.69) is 0 Å². The van der Waals surface area contributed by atoms with Gasteiger partial charge in [0.15, 0.2) is 5.60 Å². The van der Waals surface area contributed by atoms with Gasteiger partial charge in [-0.3, -0.25) is 0 Å². The molecule has 0 aromatic carbocycles. The van der Waals surface area contributed by atoms with Crippen molar-refractivity contribution in [2.24, 2.45) is 0 Å². The molecule has 1 aliphatic heterocycles. The summed E-state index contributed by atoms with van der Waals surface area (Å²) in [7, 11) is 0. The predicted octanol–water partition coefficient (Wildman–Crippen LogP) is 2.57. The van der Waals surface area contributed by atoms with Gasteiger partial charge in [-0.15, -0.1) is 0 Å². The molecule has 16 heavy (non-hydrogen) atoms. The molecule has 2 rings (SSSR count). The van der Waals surface area contributed by atoms with Crippen LogP contribution in [0, 0.1) is 0 Å². The zero-order valence-corrected chi connectivity index (χ0v) is 9.05. The van der Waals surface area contributed by atoms with E-state index >= 15 is 0 Å². The number of alkyl halides is 3. The maximum absolute atomic E-state index is 12.8. The van der Waals surface area contributed by atoms with Crippen molar-refractivity contribution >= 4 is 0 Å². The highest BCUT2D eigenvalue weighted by molar-refractivity contribution is 5.22. The third-order valence-electron chi connectivity index (χ3n) is 3.51. The quantitative estimate of drug-likeness (QED) is 0.655. The summed E-state index contributed by atoms with van der Waals surface area (Å²) in [5.74, 6) is 0. The van der Waals surface area contributed by atoms with Crippen LogP contribution in [0.2, 0.25) is 0 Å². The number of aliphatic hydroxyl groups is 1. The Hall–Kier alpha value is -0.550. The standard InChI is InChI=1S/C11H15F3O2/c1-9(11(12,13)14)6-7-10(16-9)5-3-2-4-8(10)15/h6-8,15H,2-5H2,1H3/t8-,9?,10-/m0/s1. The van der Waals surface area contributed by atoms with E-state index in [1.807, 2.05) is 0 Å². The number of hydrogen-bond donors (Lipinski definition) is 1.